The third-order valence-corrected chi connectivity index (χ3v) is 6.46. The van der Waals surface area contributed by atoms with Crippen molar-refractivity contribution in [1.29, 1.82) is 0 Å². The topological polar surface area (TPSA) is 120 Å². The Kier molecular flexibility index (Phi) is 10.8. The van der Waals surface area contributed by atoms with Gasteiger partial charge in [0.2, 0.25) is 0 Å². The smallest absolute Gasteiger partial charge is 0.410 e. The Hall–Kier alpha value is -4.15. The van der Waals surface area contributed by atoms with E-state index in [0.717, 1.165) is 24.8 Å². The molecule has 1 N–H and O–H groups in total. The predicted octanol–water partition coefficient (Wildman–Crippen LogP) is 5.59. The quantitative estimate of drug-likeness (QED) is 0.235. The number of nitrogens with one attached hydrogen (secondary N) is 1. The first-order valence-corrected chi connectivity index (χ1v) is 14.2. The zero-order chi connectivity index (χ0) is 31.9. The molecule has 1 aliphatic rings. The summed E-state index contributed by atoms with van der Waals surface area (Å²) < 4.78 is 36.4. The number of ether oxygens (including phenoxy) is 4. The molecule has 0 radical (unpaired) electrons. The number of likely N-dealkylation sites (tertiary alicyclic amines) is 1. The van der Waals surface area contributed by atoms with E-state index in [2.05, 4.69) is 5.32 Å². The number of carbonyl (C=O) groups excluding carboxylic acids is 4. The summed E-state index contributed by atoms with van der Waals surface area (Å²) in [5, 5.41) is 3.22. The minimum Gasteiger partial charge on any atom is -0.465 e. The van der Waals surface area contributed by atoms with Gasteiger partial charge in [-0.2, -0.15) is 0 Å². The molecule has 10 nitrogen and oxygen atoms in total. The maximum atomic E-state index is 15.2. The number of anilines is 1. The maximum absolute atomic E-state index is 15.2. The first-order chi connectivity index (χ1) is 20.1. The highest BCUT2D eigenvalue weighted by atomic mass is 19.1. The second-order valence-electron chi connectivity index (χ2n) is 12.4. The number of carbonyl (C=O) groups is 4. The van der Waals surface area contributed by atoms with E-state index in [1.165, 1.54) is 0 Å². The van der Waals surface area contributed by atoms with Gasteiger partial charge in [0.25, 0.3) is 0 Å². The van der Waals surface area contributed by atoms with Crippen molar-refractivity contribution in [1.82, 2.24) is 4.90 Å². The molecule has 0 spiro atoms. The number of esters is 3. The van der Waals surface area contributed by atoms with Crippen molar-refractivity contribution in [2.45, 2.75) is 84.2 Å². The molecule has 43 heavy (non-hydrogen) atoms. The van der Waals surface area contributed by atoms with Crippen LogP contribution in [0, 0.1) is 5.82 Å². The first kappa shape index (κ1) is 33.4. The van der Waals surface area contributed by atoms with Crippen LogP contribution in [0.2, 0.25) is 0 Å². The molecule has 1 heterocycles. The van der Waals surface area contributed by atoms with E-state index < -0.39 is 52.5 Å². The number of hydrogen-bond donors (Lipinski definition) is 1. The van der Waals surface area contributed by atoms with E-state index in [-0.39, 0.29) is 23.9 Å². The lowest BCUT2D eigenvalue weighted by atomic mass is 9.93. The molecule has 1 aliphatic heterocycles. The van der Waals surface area contributed by atoms with Crippen molar-refractivity contribution in [2.75, 3.05) is 25.5 Å². The summed E-state index contributed by atoms with van der Waals surface area (Å²) >= 11 is 0. The van der Waals surface area contributed by atoms with Crippen LogP contribution in [-0.2, 0) is 35.1 Å². The van der Waals surface area contributed by atoms with Gasteiger partial charge in [-0.15, -0.1) is 0 Å². The standard InChI is InChI=1S/C32H41FN2O8/c1-31(2,3)42-28(37)26(29(38)43-32(4,5)6)23-17-22(27(36)40-7)24(33)18-25(23)34-21-13-15-35(16-14-21)30(39)41-19-20-11-9-8-10-12-20/h8-12,17-18,21,26,34H,13-16,19H2,1-7H3. The van der Waals surface area contributed by atoms with Crippen LogP contribution >= 0.6 is 0 Å². The number of amides is 1. The number of piperidine rings is 1. The molecule has 1 fully saturated rings. The second-order valence-corrected chi connectivity index (χ2v) is 12.4. The predicted molar refractivity (Wildman–Crippen MR) is 157 cm³/mol. The van der Waals surface area contributed by atoms with Crippen LogP contribution in [0.1, 0.15) is 81.8 Å². The summed E-state index contributed by atoms with van der Waals surface area (Å²) in [5.41, 5.74) is -1.33. The van der Waals surface area contributed by atoms with Gasteiger partial charge in [0.1, 0.15) is 23.6 Å². The van der Waals surface area contributed by atoms with Crippen molar-refractivity contribution >= 4 is 29.7 Å². The molecule has 0 bridgehead atoms. The Labute approximate surface area is 251 Å². The molecule has 11 heteroatoms. The molecule has 0 atom stereocenters. The molecular formula is C32H41FN2O8. The molecule has 3 rings (SSSR count). The largest absolute Gasteiger partial charge is 0.465 e. The molecule has 0 unspecified atom stereocenters. The van der Waals surface area contributed by atoms with E-state index in [1.807, 2.05) is 30.3 Å². The van der Waals surface area contributed by atoms with E-state index in [9.17, 15) is 19.2 Å². The molecule has 0 aromatic heterocycles. The fourth-order valence-electron chi connectivity index (χ4n) is 4.53. The maximum Gasteiger partial charge on any atom is 0.410 e. The van der Waals surface area contributed by atoms with Crippen LogP contribution in [0.25, 0.3) is 0 Å². The van der Waals surface area contributed by atoms with E-state index >= 15 is 4.39 Å². The zero-order valence-corrected chi connectivity index (χ0v) is 25.8. The lowest BCUT2D eigenvalue weighted by Crippen LogP contribution is -2.43. The Balaban J connectivity index is 1.87. The van der Waals surface area contributed by atoms with E-state index in [0.29, 0.717) is 25.9 Å². The van der Waals surface area contributed by atoms with Gasteiger partial charge < -0.3 is 29.2 Å². The average molecular weight is 601 g/mol. The SMILES string of the molecule is COC(=O)c1cc(C(C(=O)OC(C)(C)C)C(=O)OC(C)(C)C)c(NC2CCN(C(=O)OCc3ccccc3)CC2)cc1F. The van der Waals surface area contributed by atoms with Gasteiger partial charge in [-0.1, -0.05) is 30.3 Å². The number of benzene rings is 2. The van der Waals surface area contributed by atoms with Crippen LogP contribution in [0.3, 0.4) is 0 Å². The normalized spacial score (nSPS) is 14.2. The Morgan fingerprint density at radius 1 is 0.930 bits per heavy atom. The fraction of sp³-hybridized carbons (Fsp3) is 0.500. The van der Waals surface area contributed by atoms with Crippen LogP contribution < -0.4 is 5.32 Å². The average Bonchev–Trinajstić information content (AvgIpc) is 2.91. The highest BCUT2D eigenvalue weighted by molar-refractivity contribution is 6.03. The third kappa shape index (κ3) is 9.69. The Morgan fingerprint density at radius 3 is 2.00 bits per heavy atom. The summed E-state index contributed by atoms with van der Waals surface area (Å²) in [5.74, 6) is -5.32. The minimum absolute atomic E-state index is 0.00926. The molecule has 234 valence electrons. The first-order valence-electron chi connectivity index (χ1n) is 14.2. The van der Waals surface area contributed by atoms with Crippen LogP contribution in [0.15, 0.2) is 42.5 Å². The molecule has 2 aromatic carbocycles. The number of rotatable bonds is 8. The van der Waals surface area contributed by atoms with Crippen molar-refractivity contribution < 1.29 is 42.5 Å². The molecule has 1 saturated heterocycles. The van der Waals surface area contributed by atoms with Gasteiger partial charge in [0.05, 0.1) is 12.7 Å². The number of hydrogen-bond acceptors (Lipinski definition) is 9. The van der Waals surface area contributed by atoms with Crippen molar-refractivity contribution in [3.05, 3.63) is 65.0 Å². The lowest BCUT2D eigenvalue weighted by molar-refractivity contribution is -0.169. The van der Waals surface area contributed by atoms with Crippen molar-refractivity contribution in [3.63, 3.8) is 0 Å². The van der Waals surface area contributed by atoms with Gasteiger partial charge in [0, 0.05) is 30.4 Å². The van der Waals surface area contributed by atoms with Gasteiger partial charge in [-0.3, -0.25) is 9.59 Å². The highest BCUT2D eigenvalue weighted by Gasteiger charge is 2.39. The summed E-state index contributed by atoms with van der Waals surface area (Å²) in [6.45, 7) is 10.8. The Bertz CT molecular complexity index is 1280. The zero-order valence-electron chi connectivity index (χ0n) is 25.8. The second kappa shape index (κ2) is 13.9. The lowest BCUT2D eigenvalue weighted by Gasteiger charge is -2.33. The van der Waals surface area contributed by atoms with Gasteiger partial charge in [-0.05, 0) is 72.1 Å². The summed E-state index contributed by atoms with van der Waals surface area (Å²) in [6.07, 6.45) is 0.513. The Morgan fingerprint density at radius 2 is 1.49 bits per heavy atom. The third-order valence-electron chi connectivity index (χ3n) is 6.46. The van der Waals surface area contributed by atoms with E-state index in [4.69, 9.17) is 18.9 Å². The van der Waals surface area contributed by atoms with Crippen molar-refractivity contribution in [2.24, 2.45) is 0 Å². The number of nitrogens with zero attached hydrogens (tertiary/aromatic N) is 1. The molecule has 2 aromatic rings. The summed E-state index contributed by atoms with van der Waals surface area (Å²) in [7, 11) is 1.10. The van der Waals surface area contributed by atoms with Gasteiger partial charge in [-0.25, -0.2) is 14.0 Å². The number of halogens is 1. The molecular weight excluding hydrogens is 559 g/mol. The van der Waals surface area contributed by atoms with Gasteiger partial charge in [0.15, 0.2) is 5.92 Å². The molecule has 0 aliphatic carbocycles. The summed E-state index contributed by atoms with van der Waals surface area (Å²) in [4.78, 5) is 53.5. The highest BCUT2D eigenvalue weighted by Crippen LogP contribution is 2.34. The molecule has 1 amide bonds. The number of methoxy groups -OCH3 is 1. The summed E-state index contributed by atoms with van der Waals surface area (Å²) in [6, 6.07) is 11.3. The van der Waals surface area contributed by atoms with Gasteiger partial charge >= 0.3 is 24.0 Å². The minimum atomic E-state index is -1.63. The van der Waals surface area contributed by atoms with Crippen molar-refractivity contribution in [3.8, 4) is 0 Å². The monoisotopic (exact) mass is 600 g/mol. The fourth-order valence-corrected chi connectivity index (χ4v) is 4.53. The van der Waals surface area contributed by atoms with Crippen LogP contribution in [0.4, 0.5) is 14.9 Å². The molecule has 0 saturated carbocycles. The van der Waals surface area contributed by atoms with Crippen LogP contribution in [-0.4, -0.2) is 66.3 Å². The van der Waals surface area contributed by atoms with E-state index in [1.54, 1.807) is 46.4 Å². The van der Waals surface area contributed by atoms with Crippen LogP contribution in [0.5, 0.6) is 0 Å².